The summed E-state index contributed by atoms with van der Waals surface area (Å²) in [5.41, 5.74) is 0.508. The van der Waals surface area contributed by atoms with Gasteiger partial charge in [0.1, 0.15) is 11.9 Å². The number of ketones is 1. The Kier molecular flexibility index (Phi) is 3.34. The summed E-state index contributed by atoms with van der Waals surface area (Å²) in [6, 6.07) is 5.59. The number of Topliss-reactive ketones (excluding diaryl/α,β-unsaturated/α-hetero) is 1. The van der Waals surface area contributed by atoms with E-state index in [0.717, 1.165) is 12.8 Å². The minimum atomic E-state index is -0.434. The normalized spacial score (nSPS) is 17.9. The molecule has 0 aromatic heterocycles. The average Bonchev–Trinajstić information content (AvgIpc) is 2.23. The van der Waals surface area contributed by atoms with Crippen LogP contribution in [0.2, 0.25) is 0 Å². The number of hydrogen-bond acceptors (Lipinski definition) is 2. The van der Waals surface area contributed by atoms with Crippen molar-refractivity contribution in [2.24, 2.45) is 0 Å². The van der Waals surface area contributed by atoms with Gasteiger partial charge in [-0.1, -0.05) is 0 Å². The lowest BCUT2D eigenvalue weighted by Gasteiger charge is -2.28. The molecule has 1 aromatic rings. The van der Waals surface area contributed by atoms with Gasteiger partial charge < -0.3 is 4.74 Å². The van der Waals surface area contributed by atoms with Gasteiger partial charge in [-0.15, -0.1) is 0 Å². The zero-order valence-corrected chi connectivity index (χ0v) is 9.28. The van der Waals surface area contributed by atoms with Crippen molar-refractivity contribution in [3.63, 3.8) is 0 Å². The van der Waals surface area contributed by atoms with Crippen LogP contribution in [-0.4, -0.2) is 18.0 Å². The molecule has 2 nitrogen and oxygen atoms in total. The molecule has 0 saturated heterocycles. The molecule has 0 N–H and O–H groups in total. The first-order valence-electron chi connectivity index (χ1n) is 5.62. The molecule has 1 aliphatic rings. The molecule has 0 amide bonds. The summed E-state index contributed by atoms with van der Waals surface area (Å²) in [7, 11) is 0. The molecular formula is C13H15FO2. The number of ether oxygens (including phenoxy) is 1. The predicted octanol–water partition coefficient (Wildman–Crippen LogP) is 2.97. The zero-order valence-electron chi connectivity index (χ0n) is 9.28. The second-order valence-electron chi connectivity index (χ2n) is 4.20. The fourth-order valence-corrected chi connectivity index (χ4v) is 1.71. The molecule has 86 valence electrons. The molecule has 0 radical (unpaired) electrons. The molecule has 0 aliphatic heterocycles. The Balaban J connectivity index is 1.97. The van der Waals surface area contributed by atoms with Crippen molar-refractivity contribution in [1.82, 2.24) is 0 Å². The van der Waals surface area contributed by atoms with Gasteiger partial charge in [-0.3, -0.25) is 4.79 Å². The van der Waals surface area contributed by atoms with Crippen LogP contribution in [0.15, 0.2) is 24.3 Å². The summed E-state index contributed by atoms with van der Waals surface area (Å²) in [6.45, 7) is 1.75. The van der Waals surface area contributed by atoms with E-state index in [9.17, 15) is 9.18 Å². The second-order valence-corrected chi connectivity index (χ2v) is 4.20. The molecule has 1 fully saturated rings. The monoisotopic (exact) mass is 222 g/mol. The molecule has 1 atom stereocenters. The first-order valence-corrected chi connectivity index (χ1v) is 5.62. The van der Waals surface area contributed by atoms with Gasteiger partial charge in [0.05, 0.1) is 6.10 Å². The lowest BCUT2D eigenvalue weighted by atomic mass is 9.95. The highest BCUT2D eigenvalue weighted by Crippen LogP contribution is 2.24. The average molecular weight is 222 g/mol. The minimum absolute atomic E-state index is 0.0769. The summed E-state index contributed by atoms with van der Waals surface area (Å²) in [4.78, 5) is 11.9. The van der Waals surface area contributed by atoms with Crippen molar-refractivity contribution < 1.29 is 13.9 Å². The van der Waals surface area contributed by atoms with E-state index in [1.165, 1.54) is 30.7 Å². The summed E-state index contributed by atoms with van der Waals surface area (Å²) in [5.74, 6) is -0.406. The molecule has 0 bridgehead atoms. The maximum absolute atomic E-state index is 12.7. The van der Waals surface area contributed by atoms with Crippen molar-refractivity contribution in [2.45, 2.75) is 38.4 Å². The molecule has 1 unspecified atom stereocenters. The van der Waals surface area contributed by atoms with Gasteiger partial charge in [0.15, 0.2) is 5.78 Å². The van der Waals surface area contributed by atoms with Gasteiger partial charge in [0, 0.05) is 5.56 Å². The van der Waals surface area contributed by atoms with Crippen LogP contribution in [0, 0.1) is 5.82 Å². The van der Waals surface area contributed by atoms with Crippen LogP contribution in [0.25, 0.3) is 0 Å². The Morgan fingerprint density at radius 1 is 1.38 bits per heavy atom. The minimum Gasteiger partial charge on any atom is -0.367 e. The number of rotatable bonds is 4. The van der Waals surface area contributed by atoms with E-state index in [2.05, 4.69) is 0 Å². The fourth-order valence-electron chi connectivity index (χ4n) is 1.71. The van der Waals surface area contributed by atoms with E-state index < -0.39 is 6.10 Å². The van der Waals surface area contributed by atoms with Crippen LogP contribution >= 0.6 is 0 Å². The third-order valence-corrected chi connectivity index (χ3v) is 2.95. The Morgan fingerprint density at radius 2 is 2.00 bits per heavy atom. The van der Waals surface area contributed by atoms with E-state index in [1.807, 2.05) is 0 Å². The molecule has 1 aromatic carbocycles. The third-order valence-electron chi connectivity index (χ3n) is 2.95. The Morgan fingerprint density at radius 3 is 2.50 bits per heavy atom. The quantitative estimate of drug-likeness (QED) is 0.732. The maximum atomic E-state index is 12.7. The van der Waals surface area contributed by atoms with Gasteiger partial charge in [-0.05, 0) is 50.5 Å². The van der Waals surface area contributed by atoms with Crippen molar-refractivity contribution in [2.75, 3.05) is 0 Å². The number of benzene rings is 1. The summed E-state index contributed by atoms with van der Waals surface area (Å²) in [5, 5.41) is 0. The topological polar surface area (TPSA) is 26.3 Å². The Labute approximate surface area is 94.4 Å². The molecule has 1 aliphatic carbocycles. The van der Waals surface area contributed by atoms with Gasteiger partial charge in [-0.25, -0.2) is 4.39 Å². The second kappa shape index (κ2) is 4.74. The highest BCUT2D eigenvalue weighted by atomic mass is 19.1. The Bertz CT molecular complexity index is 368. The maximum Gasteiger partial charge on any atom is 0.191 e. The van der Waals surface area contributed by atoms with Gasteiger partial charge in [0.25, 0.3) is 0 Å². The van der Waals surface area contributed by atoms with E-state index >= 15 is 0 Å². The van der Waals surface area contributed by atoms with Crippen LogP contribution in [0.1, 0.15) is 36.5 Å². The Hall–Kier alpha value is -1.22. The van der Waals surface area contributed by atoms with E-state index in [4.69, 9.17) is 4.74 Å². The fraction of sp³-hybridized carbons (Fsp3) is 0.462. The zero-order chi connectivity index (χ0) is 11.5. The lowest BCUT2D eigenvalue weighted by molar-refractivity contribution is -0.0313. The molecule has 16 heavy (non-hydrogen) atoms. The lowest BCUT2D eigenvalue weighted by Crippen LogP contribution is -2.31. The van der Waals surface area contributed by atoms with E-state index in [0.29, 0.717) is 5.56 Å². The third kappa shape index (κ3) is 2.47. The van der Waals surface area contributed by atoms with Crippen molar-refractivity contribution >= 4 is 5.78 Å². The van der Waals surface area contributed by atoms with Crippen LogP contribution in [0.3, 0.4) is 0 Å². The number of hydrogen-bond donors (Lipinski definition) is 0. The SMILES string of the molecule is CC(OC1CCC1)C(=O)c1ccc(F)cc1. The number of carbonyl (C=O) groups is 1. The first kappa shape index (κ1) is 11.3. The van der Waals surface area contributed by atoms with Crippen molar-refractivity contribution in [3.8, 4) is 0 Å². The number of carbonyl (C=O) groups excluding carboxylic acids is 1. The molecule has 3 heteroatoms. The number of halogens is 1. The summed E-state index contributed by atoms with van der Waals surface area (Å²) in [6.07, 6.45) is 3.07. The van der Waals surface area contributed by atoms with Gasteiger partial charge in [-0.2, -0.15) is 0 Å². The van der Waals surface area contributed by atoms with Gasteiger partial charge in [0.2, 0.25) is 0 Å². The summed E-state index contributed by atoms with van der Waals surface area (Å²) >= 11 is 0. The van der Waals surface area contributed by atoms with Gasteiger partial charge >= 0.3 is 0 Å². The van der Waals surface area contributed by atoms with Crippen LogP contribution in [0.4, 0.5) is 4.39 Å². The molecule has 2 rings (SSSR count). The van der Waals surface area contributed by atoms with E-state index in [1.54, 1.807) is 6.92 Å². The highest BCUT2D eigenvalue weighted by molar-refractivity contribution is 5.99. The smallest absolute Gasteiger partial charge is 0.191 e. The highest BCUT2D eigenvalue weighted by Gasteiger charge is 2.24. The van der Waals surface area contributed by atoms with Crippen molar-refractivity contribution in [3.05, 3.63) is 35.6 Å². The molecule has 1 saturated carbocycles. The van der Waals surface area contributed by atoms with Crippen molar-refractivity contribution in [1.29, 1.82) is 0 Å². The van der Waals surface area contributed by atoms with Crippen LogP contribution < -0.4 is 0 Å². The summed E-state index contributed by atoms with van der Waals surface area (Å²) < 4.78 is 18.3. The molecule has 0 spiro atoms. The van der Waals surface area contributed by atoms with E-state index in [-0.39, 0.29) is 17.7 Å². The molecular weight excluding hydrogens is 207 g/mol. The first-order chi connectivity index (χ1) is 7.66. The predicted molar refractivity (Wildman–Crippen MR) is 58.9 cm³/mol. The van der Waals surface area contributed by atoms with Crippen LogP contribution in [-0.2, 0) is 4.74 Å². The largest absolute Gasteiger partial charge is 0.367 e. The van der Waals surface area contributed by atoms with Crippen LogP contribution in [0.5, 0.6) is 0 Å². The molecule has 0 heterocycles. The standard InChI is InChI=1S/C13H15FO2/c1-9(16-12-3-2-4-12)13(15)10-5-7-11(14)8-6-10/h5-9,12H,2-4H2,1H3.